The van der Waals surface area contributed by atoms with Crippen LogP contribution in [0.3, 0.4) is 0 Å². The lowest BCUT2D eigenvalue weighted by atomic mass is 10.0. The third kappa shape index (κ3) is 4.62. The summed E-state index contributed by atoms with van der Waals surface area (Å²) in [6.07, 6.45) is -0.412. The van der Waals surface area contributed by atoms with Crippen molar-refractivity contribution in [1.82, 2.24) is 15.1 Å². The molecule has 36 heavy (non-hydrogen) atoms. The molecule has 3 heterocycles. The summed E-state index contributed by atoms with van der Waals surface area (Å²) in [6.45, 7) is 5.24. The molecule has 5 amide bonds. The number of hydrogen-bond donors (Lipinski definition) is 2. The van der Waals surface area contributed by atoms with E-state index >= 15 is 0 Å². The van der Waals surface area contributed by atoms with E-state index < -0.39 is 59.4 Å². The van der Waals surface area contributed by atoms with Crippen molar-refractivity contribution in [2.75, 3.05) is 19.0 Å². The van der Waals surface area contributed by atoms with Crippen LogP contribution in [0, 0.1) is 0 Å². The summed E-state index contributed by atoms with van der Waals surface area (Å²) < 4.78 is 10.3. The Morgan fingerprint density at radius 3 is 2.47 bits per heavy atom. The van der Waals surface area contributed by atoms with E-state index in [1.807, 2.05) is 0 Å². The molecule has 12 nitrogen and oxygen atoms in total. The van der Waals surface area contributed by atoms with E-state index in [9.17, 15) is 28.8 Å². The van der Waals surface area contributed by atoms with Crippen LogP contribution in [-0.2, 0) is 23.9 Å². The Hall–Kier alpha value is -3.96. The van der Waals surface area contributed by atoms with Gasteiger partial charge in [0, 0.05) is 31.1 Å². The number of amides is 5. The monoisotopic (exact) mass is 500 g/mol. The molecule has 0 bridgehead atoms. The normalized spacial score (nSPS) is 23.9. The number of carbonyl (C=O) groups is 6. The highest BCUT2D eigenvalue weighted by Gasteiger charge is 2.47. The van der Waals surface area contributed by atoms with Gasteiger partial charge in [-0.25, -0.2) is 9.59 Å². The average molecular weight is 501 g/mol. The van der Waals surface area contributed by atoms with Gasteiger partial charge in [-0.05, 0) is 39.3 Å². The van der Waals surface area contributed by atoms with Gasteiger partial charge in [-0.1, -0.05) is 6.07 Å². The van der Waals surface area contributed by atoms with Crippen LogP contribution in [0.15, 0.2) is 18.2 Å². The topological polar surface area (TPSA) is 151 Å². The van der Waals surface area contributed by atoms with Crippen molar-refractivity contribution < 1.29 is 38.2 Å². The largest absolute Gasteiger partial charge is 0.467 e. The van der Waals surface area contributed by atoms with Crippen LogP contribution in [-0.4, -0.2) is 82.9 Å². The highest BCUT2D eigenvalue weighted by atomic mass is 16.6. The molecule has 1 aromatic rings. The lowest BCUT2D eigenvalue weighted by molar-refractivity contribution is -0.145. The van der Waals surface area contributed by atoms with Crippen molar-refractivity contribution in [3.63, 3.8) is 0 Å². The number of methoxy groups -OCH3 is 1. The maximum Gasteiger partial charge on any atom is 0.411 e. The Labute approximate surface area is 207 Å². The zero-order chi connectivity index (χ0) is 26.4. The number of nitrogens with one attached hydrogen (secondary N) is 2. The van der Waals surface area contributed by atoms with E-state index in [0.29, 0.717) is 5.69 Å². The first kappa shape index (κ1) is 25.1. The summed E-state index contributed by atoms with van der Waals surface area (Å²) in [5.41, 5.74) is -0.213. The third-order valence-electron chi connectivity index (χ3n) is 6.23. The molecular weight excluding hydrogens is 472 g/mol. The minimum Gasteiger partial charge on any atom is -0.467 e. The summed E-state index contributed by atoms with van der Waals surface area (Å²) >= 11 is 0. The Morgan fingerprint density at radius 2 is 1.83 bits per heavy atom. The fourth-order valence-electron chi connectivity index (χ4n) is 4.68. The second-order valence-electron chi connectivity index (χ2n) is 9.92. The highest BCUT2D eigenvalue weighted by Crippen LogP contribution is 2.34. The van der Waals surface area contributed by atoms with Gasteiger partial charge in [-0.15, -0.1) is 0 Å². The first-order valence-electron chi connectivity index (χ1n) is 11.6. The first-order chi connectivity index (χ1) is 16.9. The molecule has 0 aromatic heterocycles. The maximum absolute atomic E-state index is 13.3. The Balaban J connectivity index is 1.57. The van der Waals surface area contributed by atoms with Gasteiger partial charge in [0.2, 0.25) is 11.8 Å². The quantitative estimate of drug-likeness (QED) is 0.456. The molecule has 0 spiro atoms. The molecule has 3 atom stereocenters. The number of benzene rings is 1. The van der Waals surface area contributed by atoms with Gasteiger partial charge in [0.15, 0.2) is 0 Å². The molecule has 0 radical (unpaired) electrons. The molecule has 2 saturated heterocycles. The number of carbonyl (C=O) groups excluding carboxylic acids is 6. The minimum atomic E-state index is -1.08. The van der Waals surface area contributed by atoms with Crippen molar-refractivity contribution >= 4 is 41.4 Å². The number of nitrogens with zero attached hydrogens (tertiary/aromatic N) is 2. The van der Waals surface area contributed by atoms with Gasteiger partial charge < -0.3 is 14.8 Å². The molecule has 0 saturated carbocycles. The molecule has 1 unspecified atom stereocenters. The first-order valence-corrected chi connectivity index (χ1v) is 11.6. The molecule has 3 aliphatic rings. The lowest BCUT2D eigenvalue weighted by Crippen LogP contribution is -2.54. The zero-order valence-corrected chi connectivity index (χ0v) is 20.5. The van der Waals surface area contributed by atoms with Crippen LogP contribution in [0.25, 0.3) is 0 Å². The van der Waals surface area contributed by atoms with Crippen LogP contribution in [0.4, 0.5) is 10.5 Å². The fraction of sp³-hybridized carbons (Fsp3) is 0.500. The van der Waals surface area contributed by atoms with Gasteiger partial charge in [-0.3, -0.25) is 34.3 Å². The highest BCUT2D eigenvalue weighted by molar-refractivity contribution is 6.25. The molecule has 1 aromatic carbocycles. The number of anilines is 1. The molecule has 2 N–H and O–H groups in total. The molecule has 3 aliphatic heterocycles. The maximum atomic E-state index is 13.3. The van der Waals surface area contributed by atoms with Gasteiger partial charge in [0.25, 0.3) is 11.8 Å². The predicted molar refractivity (Wildman–Crippen MR) is 124 cm³/mol. The van der Waals surface area contributed by atoms with Gasteiger partial charge >= 0.3 is 12.1 Å². The standard InChI is InChI=1S/C24H28N4O8/c1-24(2,3)36-23(34)27-11-12(10-16(27)22(33)35-4)25-14-7-5-6-13-18(14)21(32)28(20(13)31)15-8-9-17(29)26-19(15)30/h5-7,12,15-16,25H,8-11H2,1-4H3,(H,26,29,30)/t12-,15?,16+/m0/s1. The number of piperidine rings is 1. The number of rotatable bonds is 4. The Kier molecular flexibility index (Phi) is 6.46. The summed E-state index contributed by atoms with van der Waals surface area (Å²) in [6, 6.07) is 2.27. The van der Waals surface area contributed by atoms with Gasteiger partial charge in [-0.2, -0.15) is 0 Å². The molecule has 0 aliphatic carbocycles. The molecule has 12 heteroatoms. The molecular formula is C24H28N4O8. The van der Waals surface area contributed by atoms with Crippen LogP contribution < -0.4 is 10.6 Å². The second-order valence-corrected chi connectivity index (χ2v) is 9.92. The smallest absolute Gasteiger partial charge is 0.411 e. The Bertz CT molecular complexity index is 1160. The summed E-state index contributed by atoms with van der Waals surface area (Å²) in [5.74, 6) is -3.02. The minimum absolute atomic E-state index is 0.0202. The number of likely N-dealkylation sites (tertiary alicyclic amines) is 1. The lowest BCUT2D eigenvalue weighted by Gasteiger charge is -2.28. The van der Waals surface area contributed by atoms with E-state index in [1.165, 1.54) is 18.1 Å². The van der Waals surface area contributed by atoms with Crippen molar-refractivity contribution in [2.45, 2.75) is 63.8 Å². The van der Waals surface area contributed by atoms with Crippen LogP contribution in [0.1, 0.15) is 60.7 Å². The molecule has 2 fully saturated rings. The van der Waals surface area contributed by atoms with Crippen molar-refractivity contribution in [2.24, 2.45) is 0 Å². The molecule has 192 valence electrons. The predicted octanol–water partition coefficient (Wildman–Crippen LogP) is 1.05. The summed E-state index contributed by atoms with van der Waals surface area (Å²) in [7, 11) is 1.23. The van der Waals surface area contributed by atoms with Crippen LogP contribution in [0.2, 0.25) is 0 Å². The summed E-state index contributed by atoms with van der Waals surface area (Å²) in [4.78, 5) is 77.5. The van der Waals surface area contributed by atoms with E-state index in [1.54, 1.807) is 32.9 Å². The Morgan fingerprint density at radius 1 is 1.11 bits per heavy atom. The van der Waals surface area contributed by atoms with E-state index in [4.69, 9.17) is 9.47 Å². The number of esters is 1. The molecule has 4 rings (SSSR count). The SMILES string of the molecule is COC(=O)[C@H]1C[C@H](Nc2cccc3c2C(=O)N(C2CCC(=O)NC2=O)C3=O)CN1C(=O)OC(C)(C)C. The van der Waals surface area contributed by atoms with Crippen molar-refractivity contribution in [3.8, 4) is 0 Å². The van der Waals surface area contributed by atoms with Gasteiger partial charge in [0.1, 0.15) is 17.7 Å². The van der Waals surface area contributed by atoms with Crippen molar-refractivity contribution in [3.05, 3.63) is 29.3 Å². The van der Waals surface area contributed by atoms with Crippen LogP contribution in [0.5, 0.6) is 0 Å². The summed E-state index contributed by atoms with van der Waals surface area (Å²) in [5, 5.41) is 5.35. The number of fused-ring (bicyclic) bond motifs is 1. The number of ether oxygens (including phenoxy) is 2. The average Bonchev–Trinajstić information content (AvgIpc) is 3.32. The number of hydrogen-bond acceptors (Lipinski definition) is 9. The van der Waals surface area contributed by atoms with E-state index in [0.717, 1.165) is 4.90 Å². The zero-order valence-electron chi connectivity index (χ0n) is 20.5. The fourth-order valence-corrected chi connectivity index (χ4v) is 4.68. The second kappa shape index (κ2) is 9.25. The van der Waals surface area contributed by atoms with Crippen LogP contribution >= 0.6 is 0 Å². The van der Waals surface area contributed by atoms with E-state index in [-0.39, 0.29) is 36.9 Å². The van der Waals surface area contributed by atoms with Crippen molar-refractivity contribution in [1.29, 1.82) is 0 Å². The van der Waals surface area contributed by atoms with E-state index in [2.05, 4.69) is 10.6 Å². The number of imide groups is 2. The third-order valence-corrected chi connectivity index (χ3v) is 6.23. The van der Waals surface area contributed by atoms with Gasteiger partial charge in [0.05, 0.1) is 18.2 Å².